The second-order valence-electron chi connectivity index (χ2n) is 10.3. The molecule has 0 radical (unpaired) electrons. The summed E-state index contributed by atoms with van der Waals surface area (Å²) in [4.78, 5) is 46.6. The molecule has 6 rings (SSSR count). The van der Waals surface area contributed by atoms with Gasteiger partial charge in [-0.2, -0.15) is 10.2 Å². The van der Waals surface area contributed by atoms with Gasteiger partial charge in [-0.05, 0) is 35.9 Å². The Bertz CT molecular complexity index is 1790. The molecule has 3 aromatic heterocycles. The van der Waals surface area contributed by atoms with Gasteiger partial charge in [0.15, 0.2) is 5.78 Å². The molecule has 5 aromatic rings. The number of carbonyl (C=O) groups is 3. The van der Waals surface area contributed by atoms with Gasteiger partial charge < -0.3 is 9.80 Å². The lowest BCUT2D eigenvalue weighted by atomic mass is 10.0. The minimum Gasteiger partial charge on any atom is -0.338 e. The summed E-state index contributed by atoms with van der Waals surface area (Å²) in [5.41, 5.74) is 2.88. The fraction of sp³-hybridized carbons (Fsp3) is 0.226. The van der Waals surface area contributed by atoms with E-state index in [0.717, 1.165) is 5.56 Å². The predicted molar refractivity (Wildman–Crippen MR) is 153 cm³/mol. The fourth-order valence-corrected chi connectivity index (χ4v) is 5.09. The quantitative estimate of drug-likeness (QED) is 0.280. The van der Waals surface area contributed by atoms with Gasteiger partial charge in [0.25, 0.3) is 5.91 Å². The number of carbonyl (C=O) groups excluding carboxylic acids is 3. The highest BCUT2D eigenvalue weighted by Gasteiger charge is 2.25. The Morgan fingerprint density at radius 1 is 0.905 bits per heavy atom. The fourth-order valence-electron chi connectivity index (χ4n) is 5.09. The van der Waals surface area contributed by atoms with Crippen LogP contribution in [0.15, 0.2) is 79.3 Å². The summed E-state index contributed by atoms with van der Waals surface area (Å²) in [6.45, 7) is 1.73. The van der Waals surface area contributed by atoms with Crippen LogP contribution in [0.3, 0.4) is 0 Å². The highest BCUT2D eigenvalue weighted by molar-refractivity contribution is 5.97. The molecule has 0 aliphatic carbocycles. The van der Waals surface area contributed by atoms with Crippen molar-refractivity contribution in [2.45, 2.75) is 13.0 Å². The van der Waals surface area contributed by atoms with E-state index in [4.69, 9.17) is 0 Å². The van der Waals surface area contributed by atoms with Gasteiger partial charge in [-0.25, -0.2) is 9.37 Å². The molecule has 42 heavy (non-hydrogen) atoms. The molecular formula is C31H28FN7O3. The Balaban J connectivity index is 1.10. The number of pyridine rings is 1. The van der Waals surface area contributed by atoms with E-state index in [-0.39, 0.29) is 41.8 Å². The first-order valence-electron chi connectivity index (χ1n) is 13.6. The molecule has 11 heteroatoms. The predicted octanol–water partition coefficient (Wildman–Crippen LogP) is 3.38. The van der Waals surface area contributed by atoms with E-state index in [1.807, 2.05) is 18.2 Å². The maximum absolute atomic E-state index is 15.0. The average molecular weight is 566 g/mol. The number of hydrogen-bond acceptors (Lipinski definition) is 6. The van der Waals surface area contributed by atoms with Crippen LogP contribution < -0.4 is 0 Å². The number of piperazine rings is 1. The molecule has 1 fully saturated rings. The van der Waals surface area contributed by atoms with Crippen molar-refractivity contribution in [1.82, 2.24) is 34.3 Å². The van der Waals surface area contributed by atoms with Gasteiger partial charge in [-0.1, -0.05) is 24.3 Å². The molecule has 1 saturated heterocycles. The number of fused-ring (bicyclic) bond motifs is 1. The van der Waals surface area contributed by atoms with Crippen molar-refractivity contribution in [3.05, 3.63) is 102 Å². The standard InChI is InChI=1S/C31H28FN7O3/c1-36-18-24(17-33-36)26-8-5-9-27(34-26)29(40)15-22-14-23-19-39(35-28(23)16-25(22)32)20-30(41)37-10-12-38(13-11-37)31(42)21-6-3-2-4-7-21/h2-9,14,16-19H,10-13,15,20H2,1H3. The number of nitrogens with zero attached hydrogens (tertiary/aromatic N) is 7. The number of hydrogen-bond donors (Lipinski definition) is 0. The lowest BCUT2D eigenvalue weighted by molar-refractivity contribution is -0.133. The SMILES string of the molecule is Cn1cc(-c2cccc(C(=O)Cc3cc4cn(CC(=O)N5CCN(C(=O)c6ccccc6)CC5)nc4cc3F)n2)cn1. The number of amides is 2. The first-order chi connectivity index (χ1) is 20.3. The molecule has 2 aromatic carbocycles. The van der Waals surface area contributed by atoms with Crippen LogP contribution in [-0.2, 0) is 24.8 Å². The minimum absolute atomic E-state index is 0.0117. The Morgan fingerprint density at radius 3 is 2.40 bits per heavy atom. The Kier molecular flexibility index (Phi) is 7.30. The third-order valence-electron chi connectivity index (χ3n) is 7.34. The number of rotatable bonds is 7. The van der Waals surface area contributed by atoms with E-state index in [9.17, 15) is 18.8 Å². The molecule has 1 aliphatic rings. The topological polar surface area (TPSA) is 106 Å². The molecule has 1 aliphatic heterocycles. The van der Waals surface area contributed by atoms with Gasteiger partial charge in [-0.15, -0.1) is 0 Å². The van der Waals surface area contributed by atoms with Crippen LogP contribution in [0.4, 0.5) is 4.39 Å². The molecule has 10 nitrogen and oxygen atoms in total. The second-order valence-corrected chi connectivity index (χ2v) is 10.3. The van der Waals surface area contributed by atoms with Crippen molar-refractivity contribution >= 4 is 28.5 Å². The van der Waals surface area contributed by atoms with Crippen LogP contribution >= 0.6 is 0 Å². The largest absolute Gasteiger partial charge is 0.338 e. The summed E-state index contributed by atoms with van der Waals surface area (Å²) < 4.78 is 18.1. The molecule has 212 valence electrons. The van der Waals surface area contributed by atoms with Gasteiger partial charge in [0.2, 0.25) is 5.91 Å². The summed E-state index contributed by atoms with van der Waals surface area (Å²) in [6.07, 6.45) is 4.98. The third kappa shape index (κ3) is 5.67. The van der Waals surface area contributed by atoms with E-state index in [0.29, 0.717) is 48.3 Å². The number of Topliss-reactive ketones (excluding diaryl/α,β-unsaturated/α-hetero) is 1. The summed E-state index contributed by atoms with van der Waals surface area (Å²) in [6, 6.07) is 17.1. The number of halogens is 1. The van der Waals surface area contributed by atoms with Crippen LogP contribution in [0.5, 0.6) is 0 Å². The Hall–Kier alpha value is -5.19. The van der Waals surface area contributed by atoms with E-state index < -0.39 is 5.82 Å². The van der Waals surface area contributed by atoms with Crippen LogP contribution in [-0.4, -0.2) is 78.1 Å². The molecule has 0 atom stereocenters. The number of aromatic nitrogens is 5. The smallest absolute Gasteiger partial charge is 0.253 e. The van der Waals surface area contributed by atoms with Crippen molar-refractivity contribution in [3.8, 4) is 11.3 Å². The molecule has 2 amide bonds. The number of ketones is 1. The average Bonchev–Trinajstić information content (AvgIpc) is 3.62. The van der Waals surface area contributed by atoms with E-state index in [1.165, 1.54) is 10.7 Å². The number of aryl methyl sites for hydroxylation is 1. The van der Waals surface area contributed by atoms with Gasteiger partial charge in [0.1, 0.15) is 18.1 Å². The van der Waals surface area contributed by atoms with Crippen LogP contribution in [0.1, 0.15) is 26.4 Å². The lowest BCUT2D eigenvalue weighted by Crippen LogP contribution is -2.51. The van der Waals surface area contributed by atoms with Gasteiger partial charge in [0, 0.05) is 74.6 Å². The Labute approximate surface area is 241 Å². The highest BCUT2D eigenvalue weighted by atomic mass is 19.1. The zero-order chi connectivity index (χ0) is 29.2. The molecule has 4 heterocycles. The number of benzene rings is 2. The van der Waals surface area contributed by atoms with Crippen LogP contribution in [0, 0.1) is 5.82 Å². The van der Waals surface area contributed by atoms with Crippen LogP contribution in [0.25, 0.3) is 22.2 Å². The van der Waals surface area contributed by atoms with E-state index in [1.54, 1.807) is 76.5 Å². The van der Waals surface area contributed by atoms with Crippen molar-refractivity contribution in [2.75, 3.05) is 26.2 Å². The maximum Gasteiger partial charge on any atom is 0.253 e. The van der Waals surface area contributed by atoms with Gasteiger partial charge in [0.05, 0.1) is 17.4 Å². The summed E-state index contributed by atoms with van der Waals surface area (Å²) >= 11 is 0. The molecule has 0 spiro atoms. The summed E-state index contributed by atoms with van der Waals surface area (Å²) in [7, 11) is 1.80. The van der Waals surface area contributed by atoms with E-state index >= 15 is 0 Å². The van der Waals surface area contributed by atoms with Crippen molar-refractivity contribution in [1.29, 1.82) is 0 Å². The zero-order valence-electron chi connectivity index (χ0n) is 23.0. The monoisotopic (exact) mass is 565 g/mol. The first-order valence-corrected chi connectivity index (χ1v) is 13.6. The van der Waals surface area contributed by atoms with Crippen LogP contribution in [0.2, 0.25) is 0 Å². The van der Waals surface area contributed by atoms with Crippen molar-refractivity contribution < 1.29 is 18.8 Å². The van der Waals surface area contributed by atoms with Crippen molar-refractivity contribution in [2.24, 2.45) is 7.05 Å². The summed E-state index contributed by atoms with van der Waals surface area (Å²) in [5, 5.41) is 9.14. The Morgan fingerprint density at radius 2 is 1.67 bits per heavy atom. The van der Waals surface area contributed by atoms with Crippen molar-refractivity contribution in [3.63, 3.8) is 0 Å². The summed E-state index contributed by atoms with van der Waals surface area (Å²) in [5.74, 6) is -1.04. The molecule has 0 N–H and O–H groups in total. The second kappa shape index (κ2) is 11.4. The molecule has 0 saturated carbocycles. The van der Waals surface area contributed by atoms with Gasteiger partial charge in [-0.3, -0.25) is 23.7 Å². The maximum atomic E-state index is 15.0. The van der Waals surface area contributed by atoms with E-state index in [2.05, 4.69) is 15.2 Å². The lowest BCUT2D eigenvalue weighted by Gasteiger charge is -2.34. The molecule has 0 bridgehead atoms. The minimum atomic E-state index is -0.546. The first kappa shape index (κ1) is 27.0. The third-order valence-corrected chi connectivity index (χ3v) is 7.34. The zero-order valence-corrected chi connectivity index (χ0v) is 23.0. The van der Waals surface area contributed by atoms with Gasteiger partial charge >= 0.3 is 0 Å². The normalized spacial score (nSPS) is 13.5. The highest BCUT2D eigenvalue weighted by Crippen LogP contribution is 2.21. The molecular weight excluding hydrogens is 537 g/mol. The molecule has 0 unspecified atom stereocenters.